The summed E-state index contributed by atoms with van der Waals surface area (Å²) in [6.45, 7) is 4.47. The van der Waals surface area contributed by atoms with E-state index in [1.54, 1.807) is 0 Å². The van der Waals surface area contributed by atoms with Crippen LogP contribution in [0.1, 0.15) is 84.5 Å². The average Bonchev–Trinajstić information content (AvgIpc) is 2.30. The van der Waals surface area contributed by atoms with E-state index in [0.717, 1.165) is 18.8 Å². The Morgan fingerprint density at radius 2 is 1.53 bits per heavy atom. The Morgan fingerprint density at radius 3 is 2.12 bits per heavy atom. The fourth-order valence-electron chi connectivity index (χ4n) is 2.31. The molecule has 2 heteroatoms. The molecule has 0 spiro atoms. The summed E-state index contributed by atoms with van der Waals surface area (Å²) in [6.07, 6.45) is 12.9. The number of aliphatic carboxylic acids is 1. The quantitative estimate of drug-likeness (QED) is 0.488. The zero-order valence-corrected chi connectivity index (χ0v) is 11.7. The normalized spacial score (nSPS) is 12.6. The monoisotopic (exact) mass is 242 g/mol. The Balaban J connectivity index is 3.38. The Labute approximate surface area is 107 Å². The van der Waals surface area contributed by atoms with Crippen LogP contribution in [0.25, 0.3) is 0 Å². The number of hydrogen-bond acceptors (Lipinski definition) is 1. The van der Waals surface area contributed by atoms with Gasteiger partial charge in [-0.3, -0.25) is 4.79 Å². The van der Waals surface area contributed by atoms with Crippen molar-refractivity contribution in [1.82, 2.24) is 0 Å². The standard InChI is InChI=1S/C15H30O2/c1-3-5-6-7-8-9-11-14(4-2)12-10-13-15(16)17/h14H,3-13H2,1-2H3,(H,16,17). The molecule has 0 aliphatic carbocycles. The van der Waals surface area contributed by atoms with Gasteiger partial charge in [0.05, 0.1) is 0 Å². The molecular weight excluding hydrogens is 212 g/mol. The molecule has 0 saturated carbocycles. The highest BCUT2D eigenvalue weighted by Gasteiger charge is 2.07. The highest BCUT2D eigenvalue weighted by atomic mass is 16.4. The maximum atomic E-state index is 10.4. The zero-order valence-electron chi connectivity index (χ0n) is 11.7. The largest absolute Gasteiger partial charge is 0.481 e. The summed E-state index contributed by atoms with van der Waals surface area (Å²) in [7, 11) is 0. The van der Waals surface area contributed by atoms with Gasteiger partial charge in [0.2, 0.25) is 0 Å². The van der Waals surface area contributed by atoms with Gasteiger partial charge in [0.15, 0.2) is 0 Å². The Kier molecular flexibility index (Phi) is 11.6. The van der Waals surface area contributed by atoms with E-state index >= 15 is 0 Å². The topological polar surface area (TPSA) is 37.3 Å². The molecule has 0 fully saturated rings. The Hall–Kier alpha value is -0.530. The third-order valence-corrected chi connectivity index (χ3v) is 3.55. The van der Waals surface area contributed by atoms with Gasteiger partial charge in [-0.1, -0.05) is 65.2 Å². The minimum atomic E-state index is -0.653. The van der Waals surface area contributed by atoms with Gasteiger partial charge in [-0.2, -0.15) is 0 Å². The number of carboxylic acid groups (broad SMARTS) is 1. The van der Waals surface area contributed by atoms with Gasteiger partial charge in [-0.05, 0) is 18.8 Å². The van der Waals surface area contributed by atoms with Gasteiger partial charge in [-0.25, -0.2) is 0 Å². The van der Waals surface area contributed by atoms with E-state index in [4.69, 9.17) is 5.11 Å². The first kappa shape index (κ1) is 16.5. The van der Waals surface area contributed by atoms with Crippen LogP contribution < -0.4 is 0 Å². The fraction of sp³-hybridized carbons (Fsp3) is 0.933. The van der Waals surface area contributed by atoms with Gasteiger partial charge < -0.3 is 5.11 Å². The van der Waals surface area contributed by atoms with Crippen LogP contribution in [-0.4, -0.2) is 11.1 Å². The lowest BCUT2D eigenvalue weighted by molar-refractivity contribution is -0.137. The molecule has 0 aliphatic heterocycles. The molecule has 0 aromatic carbocycles. The number of unbranched alkanes of at least 4 members (excludes halogenated alkanes) is 5. The molecule has 1 unspecified atom stereocenters. The van der Waals surface area contributed by atoms with Crippen molar-refractivity contribution in [3.8, 4) is 0 Å². The van der Waals surface area contributed by atoms with Crippen LogP contribution in [0.15, 0.2) is 0 Å². The van der Waals surface area contributed by atoms with Gasteiger partial charge in [0, 0.05) is 6.42 Å². The first-order chi connectivity index (χ1) is 8.20. The minimum absolute atomic E-state index is 0.340. The van der Waals surface area contributed by atoms with Crippen molar-refractivity contribution in [2.45, 2.75) is 84.5 Å². The second-order valence-electron chi connectivity index (χ2n) is 5.12. The van der Waals surface area contributed by atoms with Crippen LogP contribution >= 0.6 is 0 Å². The highest BCUT2D eigenvalue weighted by molar-refractivity contribution is 5.66. The average molecular weight is 242 g/mol. The SMILES string of the molecule is CCCCCCCCC(CC)CCCC(=O)O. The second kappa shape index (κ2) is 11.9. The fourth-order valence-corrected chi connectivity index (χ4v) is 2.31. The number of carboxylic acids is 1. The maximum absolute atomic E-state index is 10.4. The van der Waals surface area contributed by atoms with Gasteiger partial charge in [-0.15, -0.1) is 0 Å². The van der Waals surface area contributed by atoms with Crippen LogP contribution in [-0.2, 0) is 4.79 Å². The van der Waals surface area contributed by atoms with Crippen molar-refractivity contribution in [2.75, 3.05) is 0 Å². The van der Waals surface area contributed by atoms with E-state index in [-0.39, 0.29) is 0 Å². The van der Waals surface area contributed by atoms with E-state index in [1.807, 2.05) is 0 Å². The molecule has 102 valence electrons. The molecule has 0 amide bonds. The Morgan fingerprint density at radius 1 is 0.941 bits per heavy atom. The Bertz CT molecular complexity index is 178. The summed E-state index contributed by atoms with van der Waals surface area (Å²) in [5.41, 5.74) is 0. The summed E-state index contributed by atoms with van der Waals surface area (Å²) in [6, 6.07) is 0. The maximum Gasteiger partial charge on any atom is 0.303 e. The summed E-state index contributed by atoms with van der Waals surface area (Å²) in [4.78, 5) is 10.4. The third kappa shape index (κ3) is 11.7. The lowest BCUT2D eigenvalue weighted by Gasteiger charge is -2.13. The molecule has 1 atom stereocenters. The summed E-state index contributed by atoms with van der Waals surface area (Å²) in [5.74, 6) is 0.0972. The van der Waals surface area contributed by atoms with E-state index < -0.39 is 5.97 Å². The second-order valence-corrected chi connectivity index (χ2v) is 5.12. The molecule has 0 heterocycles. The van der Waals surface area contributed by atoms with Crippen LogP contribution in [0.4, 0.5) is 0 Å². The molecule has 0 aromatic heterocycles. The van der Waals surface area contributed by atoms with Crippen molar-refractivity contribution < 1.29 is 9.90 Å². The van der Waals surface area contributed by atoms with E-state index in [9.17, 15) is 4.79 Å². The van der Waals surface area contributed by atoms with Gasteiger partial charge in [0.25, 0.3) is 0 Å². The lowest BCUT2D eigenvalue weighted by Crippen LogP contribution is -2.01. The van der Waals surface area contributed by atoms with Crippen LogP contribution in [0.3, 0.4) is 0 Å². The van der Waals surface area contributed by atoms with Crippen molar-refractivity contribution >= 4 is 5.97 Å². The first-order valence-electron chi connectivity index (χ1n) is 7.42. The van der Waals surface area contributed by atoms with Gasteiger partial charge in [0.1, 0.15) is 0 Å². The van der Waals surface area contributed by atoms with E-state index in [0.29, 0.717) is 6.42 Å². The van der Waals surface area contributed by atoms with Crippen LogP contribution in [0, 0.1) is 5.92 Å². The highest BCUT2D eigenvalue weighted by Crippen LogP contribution is 2.20. The predicted molar refractivity (Wildman–Crippen MR) is 73.3 cm³/mol. The summed E-state index contributed by atoms with van der Waals surface area (Å²) < 4.78 is 0. The van der Waals surface area contributed by atoms with E-state index in [1.165, 1.54) is 51.4 Å². The lowest BCUT2D eigenvalue weighted by atomic mass is 9.93. The number of carbonyl (C=O) groups is 1. The summed E-state index contributed by atoms with van der Waals surface area (Å²) in [5, 5.41) is 8.60. The molecular formula is C15H30O2. The molecule has 0 aliphatic rings. The van der Waals surface area contributed by atoms with Crippen LogP contribution in [0.5, 0.6) is 0 Å². The number of rotatable bonds is 12. The predicted octanol–water partition coefficient (Wildman–Crippen LogP) is 5.02. The van der Waals surface area contributed by atoms with Crippen LogP contribution in [0.2, 0.25) is 0 Å². The molecule has 0 rings (SSSR count). The first-order valence-corrected chi connectivity index (χ1v) is 7.42. The minimum Gasteiger partial charge on any atom is -0.481 e. The molecule has 2 nitrogen and oxygen atoms in total. The van der Waals surface area contributed by atoms with Crippen molar-refractivity contribution in [1.29, 1.82) is 0 Å². The molecule has 0 saturated heterocycles. The zero-order chi connectivity index (χ0) is 12.9. The molecule has 0 bridgehead atoms. The smallest absolute Gasteiger partial charge is 0.303 e. The summed E-state index contributed by atoms with van der Waals surface area (Å²) >= 11 is 0. The van der Waals surface area contributed by atoms with Gasteiger partial charge >= 0.3 is 5.97 Å². The van der Waals surface area contributed by atoms with Crippen molar-refractivity contribution in [3.05, 3.63) is 0 Å². The van der Waals surface area contributed by atoms with E-state index in [2.05, 4.69) is 13.8 Å². The van der Waals surface area contributed by atoms with Crippen molar-refractivity contribution in [2.24, 2.45) is 5.92 Å². The van der Waals surface area contributed by atoms with Crippen molar-refractivity contribution in [3.63, 3.8) is 0 Å². The number of hydrogen-bond donors (Lipinski definition) is 1. The molecule has 17 heavy (non-hydrogen) atoms. The third-order valence-electron chi connectivity index (χ3n) is 3.55. The molecule has 0 radical (unpaired) electrons. The molecule has 1 N–H and O–H groups in total. The molecule has 0 aromatic rings.